The van der Waals surface area contributed by atoms with Crippen molar-refractivity contribution in [1.29, 1.82) is 0 Å². The van der Waals surface area contributed by atoms with Crippen molar-refractivity contribution in [1.82, 2.24) is 0 Å². The predicted octanol–water partition coefficient (Wildman–Crippen LogP) is 0.836. The molecule has 0 saturated heterocycles. The highest BCUT2D eigenvalue weighted by molar-refractivity contribution is 5.70. The van der Waals surface area contributed by atoms with Crippen LogP contribution in [0.3, 0.4) is 0 Å². The van der Waals surface area contributed by atoms with Crippen LogP contribution >= 0.6 is 0 Å². The summed E-state index contributed by atoms with van der Waals surface area (Å²) in [6, 6.07) is 0. The van der Waals surface area contributed by atoms with Gasteiger partial charge in [0.2, 0.25) is 0 Å². The van der Waals surface area contributed by atoms with Gasteiger partial charge in [0.05, 0.1) is 0 Å². The van der Waals surface area contributed by atoms with Gasteiger partial charge in [-0.1, -0.05) is 6.92 Å². The van der Waals surface area contributed by atoms with Gasteiger partial charge in [0.15, 0.2) is 0 Å². The van der Waals surface area contributed by atoms with Gasteiger partial charge < -0.3 is 9.84 Å². The molecule has 1 N–H and O–H groups in total. The Morgan fingerprint density at radius 3 is 2.60 bits per heavy atom. The zero-order valence-electron chi connectivity index (χ0n) is 6.26. The second-order valence-corrected chi connectivity index (χ2v) is 1.74. The smallest absolute Gasteiger partial charge is 0.310 e. The molecule has 0 fully saturated rings. The Balaban J connectivity index is 3.76. The first kappa shape index (κ1) is 9.17. The Hall–Kier alpha value is -0.830. The summed E-state index contributed by atoms with van der Waals surface area (Å²) in [5.41, 5.74) is 0. The number of carbonyl (C=O) groups excluding carboxylic acids is 1. The summed E-state index contributed by atoms with van der Waals surface area (Å²) in [6.45, 7) is 3.18. The summed E-state index contributed by atoms with van der Waals surface area (Å²) in [7, 11) is 0. The summed E-state index contributed by atoms with van der Waals surface area (Å²) in [5, 5.41) is 8.52. The summed E-state index contributed by atoms with van der Waals surface area (Å²) >= 11 is 0. The van der Waals surface area contributed by atoms with E-state index in [9.17, 15) is 4.79 Å². The summed E-state index contributed by atoms with van der Waals surface area (Å²) in [6.07, 6.45) is 1.89. The molecule has 0 aliphatic heterocycles. The number of hydrogen-bond donors (Lipinski definition) is 1. The highest BCUT2D eigenvalue weighted by atomic mass is 16.5. The van der Waals surface area contributed by atoms with Crippen molar-refractivity contribution >= 4 is 5.97 Å². The molecule has 0 bridgehead atoms. The quantitative estimate of drug-likeness (QED) is 0.471. The van der Waals surface area contributed by atoms with E-state index in [2.05, 4.69) is 4.74 Å². The molecular formula is C7H12O3. The molecule has 58 valence electrons. The number of aliphatic hydroxyl groups is 1. The third-order valence-corrected chi connectivity index (χ3v) is 1.01. The molecule has 0 unspecified atom stereocenters. The van der Waals surface area contributed by atoms with Crippen LogP contribution in [-0.2, 0) is 9.53 Å². The van der Waals surface area contributed by atoms with Crippen LogP contribution in [0.15, 0.2) is 11.8 Å². The second-order valence-electron chi connectivity index (χ2n) is 1.74. The van der Waals surface area contributed by atoms with Gasteiger partial charge in [-0.05, 0) is 13.0 Å². The zero-order chi connectivity index (χ0) is 7.98. The first-order valence-corrected chi connectivity index (χ1v) is 3.21. The maximum Gasteiger partial charge on any atom is 0.310 e. The monoisotopic (exact) mass is 144 g/mol. The number of ether oxygens (including phenoxy) is 1. The molecule has 0 aliphatic rings. The van der Waals surface area contributed by atoms with E-state index in [0.29, 0.717) is 12.2 Å². The molecule has 0 aromatic heterocycles. The predicted molar refractivity (Wildman–Crippen MR) is 37.2 cm³/mol. The second kappa shape index (κ2) is 4.99. The van der Waals surface area contributed by atoms with Crippen molar-refractivity contribution in [2.45, 2.75) is 20.3 Å². The van der Waals surface area contributed by atoms with Crippen LogP contribution in [0.25, 0.3) is 0 Å². The molecular weight excluding hydrogens is 132 g/mol. The van der Waals surface area contributed by atoms with Crippen LogP contribution in [0.1, 0.15) is 20.3 Å². The van der Waals surface area contributed by atoms with E-state index in [4.69, 9.17) is 5.11 Å². The first-order chi connectivity index (χ1) is 4.74. The Labute approximate surface area is 60.3 Å². The fourth-order valence-electron chi connectivity index (χ4n) is 0.401. The van der Waals surface area contributed by atoms with Crippen LogP contribution in [0.2, 0.25) is 0 Å². The Bertz CT molecular complexity index is 138. The number of aliphatic hydroxyl groups excluding tert-OH is 1. The molecule has 10 heavy (non-hydrogen) atoms. The molecule has 0 heterocycles. The van der Waals surface area contributed by atoms with E-state index in [1.54, 1.807) is 19.9 Å². The van der Waals surface area contributed by atoms with Crippen molar-refractivity contribution in [3.05, 3.63) is 11.8 Å². The van der Waals surface area contributed by atoms with Crippen molar-refractivity contribution in [3.8, 4) is 0 Å². The van der Waals surface area contributed by atoms with Crippen LogP contribution in [0, 0.1) is 0 Å². The average molecular weight is 144 g/mol. The lowest BCUT2D eigenvalue weighted by molar-refractivity contribution is -0.139. The molecule has 0 aliphatic carbocycles. The number of allylic oxidation sites excluding steroid dienone is 1. The van der Waals surface area contributed by atoms with Gasteiger partial charge in [-0.25, -0.2) is 0 Å². The minimum atomic E-state index is -0.317. The van der Waals surface area contributed by atoms with Gasteiger partial charge in [-0.15, -0.1) is 0 Å². The normalized spacial score (nSPS) is 11.3. The standard InChI is InChI=1S/C7H12O3/c1-3-6(5-8)10-7(9)4-2/h3,8H,4-5H2,1-2H3/b6-3-. The number of esters is 1. The van der Waals surface area contributed by atoms with Gasteiger partial charge in [0.1, 0.15) is 12.4 Å². The van der Waals surface area contributed by atoms with Crippen molar-refractivity contribution < 1.29 is 14.6 Å². The SMILES string of the molecule is C/C=C(/CO)OC(=O)CC. The maximum atomic E-state index is 10.6. The molecule has 0 atom stereocenters. The minimum absolute atomic E-state index is 0.220. The van der Waals surface area contributed by atoms with Crippen LogP contribution in [0.4, 0.5) is 0 Å². The molecule has 3 heteroatoms. The van der Waals surface area contributed by atoms with E-state index < -0.39 is 0 Å². The van der Waals surface area contributed by atoms with Gasteiger partial charge in [0, 0.05) is 6.42 Å². The van der Waals surface area contributed by atoms with Gasteiger partial charge in [0.25, 0.3) is 0 Å². The molecule has 0 aromatic rings. The van der Waals surface area contributed by atoms with E-state index in [0.717, 1.165) is 0 Å². The lowest BCUT2D eigenvalue weighted by Gasteiger charge is -2.02. The highest BCUT2D eigenvalue weighted by Gasteiger charge is 2.00. The molecule has 0 aromatic carbocycles. The van der Waals surface area contributed by atoms with Crippen LogP contribution in [-0.4, -0.2) is 17.7 Å². The van der Waals surface area contributed by atoms with Crippen molar-refractivity contribution in [2.75, 3.05) is 6.61 Å². The Morgan fingerprint density at radius 2 is 2.30 bits per heavy atom. The van der Waals surface area contributed by atoms with Gasteiger partial charge in [-0.2, -0.15) is 0 Å². The molecule has 0 amide bonds. The summed E-state index contributed by atoms with van der Waals surface area (Å²) in [5.74, 6) is -0.00556. The van der Waals surface area contributed by atoms with E-state index >= 15 is 0 Å². The van der Waals surface area contributed by atoms with Crippen LogP contribution < -0.4 is 0 Å². The van der Waals surface area contributed by atoms with Crippen molar-refractivity contribution in [2.24, 2.45) is 0 Å². The Kier molecular flexibility index (Phi) is 4.58. The van der Waals surface area contributed by atoms with Crippen molar-refractivity contribution in [3.63, 3.8) is 0 Å². The first-order valence-electron chi connectivity index (χ1n) is 3.21. The maximum absolute atomic E-state index is 10.6. The molecule has 0 radical (unpaired) electrons. The lowest BCUT2D eigenvalue weighted by Crippen LogP contribution is -2.04. The fourth-order valence-corrected chi connectivity index (χ4v) is 0.401. The van der Waals surface area contributed by atoms with Gasteiger partial charge >= 0.3 is 5.97 Å². The van der Waals surface area contributed by atoms with Gasteiger partial charge in [-0.3, -0.25) is 4.79 Å². The Morgan fingerprint density at radius 1 is 1.70 bits per heavy atom. The highest BCUT2D eigenvalue weighted by Crippen LogP contribution is 1.97. The van der Waals surface area contributed by atoms with E-state index in [1.807, 2.05) is 0 Å². The molecule has 3 nitrogen and oxygen atoms in total. The minimum Gasteiger partial charge on any atom is -0.429 e. The third kappa shape index (κ3) is 3.25. The summed E-state index contributed by atoms with van der Waals surface area (Å²) in [4.78, 5) is 10.6. The van der Waals surface area contributed by atoms with E-state index in [1.165, 1.54) is 0 Å². The van der Waals surface area contributed by atoms with Crippen LogP contribution in [0.5, 0.6) is 0 Å². The topological polar surface area (TPSA) is 46.5 Å². The largest absolute Gasteiger partial charge is 0.429 e. The van der Waals surface area contributed by atoms with E-state index in [-0.39, 0.29) is 12.6 Å². The molecule has 0 saturated carbocycles. The average Bonchev–Trinajstić information content (AvgIpc) is 1.99. The third-order valence-electron chi connectivity index (χ3n) is 1.01. The molecule has 0 spiro atoms. The summed E-state index contributed by atoms with van der Waals surface area (Å²) < 4.78 is 4.67. The number of carbonyl (C=O) groups is 1. The fraction of sp³-hybridized carbons (Fsp3) is 0.571. The zero-order valence-corrected chi connectivity index (χ0v) is 6.26. The number of hydrogen-bond acceptors (Lipinski definition) is 3. The number of rotatable bonds is 3. The molecule has 0 rings (SSSR count). The lowest BCUT2D eigenvalue weighted by atomic mass is 10.4.